The van der Waals surface area contributed by atoms with Crippen LogP contribution in [0.15, 0.2) is 10.9 Å². The van der Waals surface area contributed by atoms with E-state index in [9.17, 15) is 4.79 Å². The molecule has 4 heteroatoms. The number of thioether (sulfide) groups is 1. The molecule has 0 saturated heterocycles. The van der Waals surface area contributed by atoms with Gasteiger partial charge >= 0.3 is 0 Å². The molecule has 0 saturated carbocycles. The Labute approximate surface area is 61.3 Å². The Morgan fingerprint density at radius 1 is 1.89 bits per heavy atom. The summed E-state index contributed by atoms with van der Waals surface area (Å²) in [5.74, 6) is 0. The van der Waals surface area contributed by atoms with Crippen molar-refractivity contribution in [3.8, 4) is 0 Å². The van der Waals surface area contributed by atoms with E-state index in [4.69, 9.17) is 0 Å². The maximum Gasteiger partial charge on any atom is 0.238 e. The van der Waals surface area contributed by atoms with Gasteiger partial charge in [0.15, 0.2) is 0 Å². The summed E-state index contributed by atoms with van der Waals surface area (Å²) < 4.78 is 0. The first-order chi connectivity index (χ1) is 4.34. The normalized spacial score (nSPS) is 9.44. The number of nitrogens with zero attached hydrogens (tertiary/aromatic N) is 1. The molecule has 0 radical (unpaired) electrons. The van der Waals surface area contributed by atoms with E-state index >= 15 is 0 Å². The van der Waals surface area contributed by atoms with Gasteiger partial charge in [0.2, 0.25) is 5.12 Å². The molecule has 1 heterocycles. The molecule has 0 fully saturated rings. The van der Waals surface area contributed by atoms with E-state index in [1.165, 1.54) is 23.1 Å². The van der Waals surface area contributed by atoms with Crippen LogP contribution in [0.2, 0.25) is 0 Å². The second-order valence-electron chi connectivity index (χ2n) is 1.37. The fourth-order valence-corrected chi connectivity index (χ4v) is 1.35. The van der Waals surface area contributed by atoms with E-state index in [1.807, 2.05) is 0 Å². The maximum absolute atomic E-state index is 10.8. The van der Waals surface area contributed by atoms with Crippen molar-refractivity contribution < 1.29 is 4.79 Å². The van der Waals surface area contributed by atoms with Crippen LogP contribution in [-0.2, 0) is 0 Å². The highest BCUT2D eigenvalue weighted by atomic mass is 32.2. The first-order valence-electron chi connectivity index (χ1n) is 2.31. The molecule has 1 aromatic rings. The summed E-state index contributed by atoms with van der Waals surface area (Å²) in [5, 5.41) is 1.79. The molecule has 0 N–H and O–H groups in total. The quantitative estimate of drug-likeness (QED) is 0.624. The molecular formula is C5H5NOS2. The van der Waals surface area contributed by atoms with Crippen molar-refractivity contribution >= 4 is 28.2 Å². The van der Waals surface area contributed by atoms with E-state index in [2.05, 4.69) is 4.98 Å². The third-order valence-corrected chi connectivity index (χ3v) is 1.99. The second kappa shape index (κ2) is 2.98. The van der Waals surface area contributed by atoms with Crippen LogP contribution in [0.1, 0.15) is 10.5 Å². The van der Waals surface area contributed by atoms with E-state index in [0.29, 0.717) is 5.69 Å². The highest BCUT2D eigenvalue weighted by molar-refractivity contribution is 8.13. The number of aromatic nitrogens is 1. The Morgan fingerprint density at radius 2 is 2.67 bits per heavy atom. The molecule has 0 aliphatic rings. The summed E-state index contributed by atoms with van der Waals surface area (Å²) in [7, 11) is 0. The molecule has 9 heavy (non-hydrogen) atoms. The van der Waals surface area contributed by atoms with Crippen LogP contribution in [0, 0.1) is 0 Å². The molecule has 0 unspecified atom stereocenters. The molecule has 0 aliphatic heterocycles. The zero-order chi connectivity index (χ0) is 6.69. The van der Waals surface area contributed by atoms with Gasteiger partial charge in [-0.2, -0.15) is 0 Å². The lowest BCUT2D eigenvalue weighted by molar-refractivity contribution is 0.108. The summed E-state index contributed by atoms with van der Waals surface area (Å²) in [6.45, 7) is 0. The lowest BCUT2D eigenvalue weighted by Gasteiger charge is -1.84. The molecule has 1 aromatic heterocycles. The van der Waals surface area contributed by atoms with Gasteiger partial charge < -0.3 is 0 Å². The largest absolute Gasteiger partial charge is 0.280 e. The fraction of sp³-hybridized carbons (Fsp3) is 0.200. The number of thiazole rings is 1. The number of carbonyl (C=O) groups is 1. The van der Waals surface area contributed by atoms with Crippen LogP contribution >= 0.6 is 23.1 Å². The number of carbonyl (C=O) groups excluding carboxylic acids is 1. The predicted molar refractivity (Wildman–Crippen MR) is 40.0 cm³/mol. The Morgan fingerprint density at radius 3 is 3.11 bits per heavy atom. The molecule has 0 aromatic carbocycles. The summed E-state index contributed by atoms with van der Waals surface area (Å²) in [6.07, 6.45) is 1.75. The van der Waals surface area contributed by atoms with Crippen LogP contribution in [0.25, 0.3) is 0 Å². The molecule has 2 nitrogen and oxygen atoms in total. The Balaban J connectivity index is 2.77. The molecule has 0 spiro atoms. The standard InChI is InChI=1S/C5H5NOS2/c1-8-5(7)4-2-9-3-6-4/h2-3H,1H3. The van der Waals surface area contributed by atoms with E-state index in [1.54, 1.807) is 17.1 Å². The Kier molecular flexibility index (Phi) is 2.24. The third-order valence-electron chi connectivity index (χ3n) is 0.827. The number of hydrogen-bond donors (Lipinski definition) is 0. The molecule has 0 amide bonds. The SMILES string of the molecule is CSC(=O)c1cscn1. The first kappa shape index (κ1) is 6.77. The van der Waals surface area contributed by atoms with Crippen molar-refractivity contribution in [3.05, 3.63) is 16.6 Å². The molecule has 0 bridgehead atoms. The van der Waals surface area contributed by atoms with Crippen molar-refractivity contribution in [1.29, 1.82) is 0 Å². The van der Waals surface area contributed by atoms with Crippen molar-refractivity contribution in [1.82, 2.24) is 4.98 Å². The van der Waals surface area contributed by atoms with Crippen molar-refractivity contribution in [3.63, 3.8) is 0 Å². The topological polar surface area (TPSA) is 30.0 Å². The average molecular weight is 159 g/mol. The first-order valence-corrected chi connectivity index (χ1v) is 4.48. The number of rotatable bonds is 1. The summed E-state index contributed by atoms with van der Waals surface area (Å²) in [6, 6.07) is 0. The Bertz CT molecular complexity index is 195. The fourth-order valence-electron chi connectivity index (χ4n) is 0.418. The molecule has 0 atom stereocenters. The zero-order valence-corrected chi connectivity index (χ0v) is 6.46. The summed E-state index contributed by atoms with van der Waals surface area (Å²) in [4.78, 5) is 14.6. The molecular weight excluding hydrogens is 154 g/mol. The Hall–Kier alpha value is -0.350. The average Bonchev–Trinajstić information content (AvgIpc) is 2.37. The van der Waals surface area contributed by atoms with Gasteiger partial charge in [-0.3, -0.25) is 4.79 Å². The van der Waals surface area contributed by atoms with Gasteiger partial charge in [-0.05, 0) is 6.26 Å². The zero-order valence-electron chi connectivity index (χ0n) is 4.83. The highest BCUT2D eigenvalue weighted by Crippen LogP contribution is 2.08. The van der Waals surface area contributed by atoms with E-state index in [-0.39, 0.29) is 5.12 Å². The van der Waals surface area contributed by atoms with Crippen LogP contribution in [-0.4, -0.2) is 16.4 Å². The van der Waals surface area contributed by atoms with Gasteiger partial charge in [0.25, 0.3) is 0 Å². The lowest BCUT2D eigenvalue weighted by Crippen LogP contribution is -1.90. The number of hydrogen-bond acceptors (Lipinski definition) is 4. The summed E-state index contributed by atoms with van der Waals surface area (Å²) in [5.41, 5.74) is 2.22. The van der Waals surface area contributed by atoms with Crippen LogP contribution < -0.4 is 0 Å². The molecule has 1 rings (SSSR count). The van der Waals surface area contributed by atoms with Gasteiger partial charge in [-0.15, -0.1) is 11.3 Å². The highest BCUT2D eigenvalue weighted by Gasteiger charge is 2.03. The minimum Gasteiger partial charge on any atom is -0.280 e. The van der Waals surface area contributed by atoms with Crippen LogP contribution in [0.3, 0.4) is 0 Å². The van der Waals surface area contributed by atoms with Gasteiger partial charge in [-0.25, -0.2) is 4.98 Å². The minimum atomic E-state index is 0.0382. The third kappa shape index (κ3) is 1.53. The summed E-state index contributed by atoms with van der Waals surface area (Å²) >= 11 is 2.63. The van der Waals surface area contributed by atoms with E-state index in [0.717, 1.165) is 0 Å². The van der Waals surface area contributed by atoms with Gasteiger partial charge in [0.05, 0.1) is 5.51 Å². The maximum atomic E-state index is 10.8. The molecule has 48 valence electrons. The van der Waals surface area contributed by atoms with E-state index < -0.39 is 0 Å². The monoisotopic (exact) mass is 159 g/mol. The van der Waals surface area contributed by atoms with Crippen LogP contribution in [0.5, 0.6) is 0 Å². The smallest absolute Gasteiger partial charge is 0.238 e. The minimum absolute atomic E-state index is 0.0382. The van der Waals surface area contributed by atoms with Gasteiger partial charge in [0, 0.05) is 5.38 Å². The van der Waals surface area contributed by atoms with Crippen LogP contribution in [0.4, 0.5) is 0 Å². The van der Waals surface area contributed by atoms with Crippen molar-refractivity contribution in [2.24, 2.45) is 0 Å². The molecule has 0 aliphatic carbocycles. The lowest BCUT2D eigenvalue weighted by atomic mass is 10.6. The van der Waals surface area contributed by atoms with Gasteiger partial charge in [0.1, 0.15) is 5.69 Å². The van der Waals surface area contributed by atoms with Crippen molar-refractivity contribution in [2.75, 3.05) is 6.26 Å². The van der Waals surface area contributed by atoms with Gasteiger partial charge in [-0.1, -0.05) is 11.8 Å². The predicted octanol–water partition coefficient (Wildman–Crippen LogP) is 1.65. The van der Waals surface area contributed by atoms with Crippen molar-refractivity contribution in [2.45, 2.75) is 0 Å². The second-order valence-corrected chi connectivity index (χ2v) is 2.86.